The highest BCUT2D eigenvalue weighted by atomic mass is 16.6. The van der Waals surface area contributed by atoms with Gasteiger partial charge in [-0.2, -0.15) is 5.10 Å². The Kier molecular flexibility index (Phi) is 4.07. The van der Waals surface area contributed by atoms with Gasteiger partial charge < -0.3 is 15.2 Å². The van der Waals surface area contributed by atoms with Crippen molar-refractivity contribution < 1.29 is 19.1 Å². The van der Waals surface area contributed by atoms with Gasteiger partial charge in [-0.1, -0.05) is 0 Å². The number of carbonyl (C=O) groups is 2. The summed E-state index contributed by atoms with van der Waals surface area (Å²) in [6.45, 7) is 5.25. The van der Waals surface area contributed by atoms with Gasteiger partial charge in [-0.25, -0.2) is 4.79 Å². The Morgan fingerprint density at radius 3 is 2.59 bits per heavy atom. The summed E-state index contributed by atoms with van der Waals surface area (Å²) in [4.78, 5) is 23.8. The largest absolute Gasteiger partial charge is 0.464 e. The summed E-state index contributed by atoms with van der Waals surface area (Å²) in [5, 5.41) is 4.69. The molecule has 1 aromatic carbocycles. The molecule has 0 bridgehead atoms. The van der Waals surface area contributed by atoms with E-state index in [0.29, 0.717) is 16.6 Å². The minimum absolute atomic E-state index is 0.102. The highest BCUT2D eigenvalue weighted by molar-refractivity contribution is 6.03. The second-order valence-electron chi connectivity index (χ2n) is 5.86. The number of nitrogen functional groups attached to an aromatic ring is 1. The number of ether oxygens (including phenoxy) is 2. The highest BCUT2D eigenvalue weighted by Crippen LogP contribution is 2.22. The quantitative estimate of drug-likeness (QED) is 0.685. The molecule has 1 aromatic heterocycles. The van der Waals surface area contributed by atoms with E-state index < -0.39 is 17.5 Å². The molecule has 0 aliphatic heterocycles. The zero-order valence-electron chi connectivity index (χ0n) is 13.0. The molecular weight excluding hydrogens is 286 g/mol. The maximum absolute atomic E-state index is 12.0. The Morgan fingerprint density at radius 2 is 2.00 bits per heavy atom. The Balaban J connectivity index is 2.42. The van der Waals surface area contributed by atoms with Crippen molar-refractivity contribution in [3.63, 3.8) is 0 Å². The Morgan fingerprint density at radius 1 is 1.32 bits per heavy atom. The van der Waals surface area contributed by atoms with Gasteiger partial charge in [0.1, 0.15) is 12.1 Å². The second-order valence-corrected chi connectivity index (χ2v) is 5.86. The zero-order valence-corrected chi connectivity index (χ0v) is 13.0. The number of hydrogen-bond acceptors (Lipinski definition) is 6. The summed E-state index contributed by atoms with van der Waals surface area (Å²) in [6.07, 6.45) is 0. The predicted octanol–water partition coefficient (Wildman–Crippen LogP) is 1.75. The average molecular weight is 305 g/mol. The normalized spacial score (nSPS) is 11.5. The lowest BCUT2D eigenvalue weighted by Crippen LogP contribution is -2.26. The van der Waals surface area contributed by atoms with E-state index in [-0.39, 0.29) is 12.2 Å². The summed E-state index contributed by atoms with van der Waals surface area (Å²) in [6, 6.07) is 5.01. The molecule has 0 saturated carbocycles. The molecule has 2 aromatic rings. The van der Waals surface area contributed by atoms with Crippen LogP contribution in [0.25, 0.3) is 10.9 Å². The van der Waals surface area contributed by atoms with Gasteiger partial charge in [-0.3, -0.25) is 9.48 Å². The summed E-state index contributed by atoms with van der Waals surface area (Å²) in [7, 11) is 1.27. The third-order valence-corrected chi connectivity index (χ3v) is 2.85. The summed E-state index contributed by atoms with van der Waals surface area (Å²) in [5.41, 5.74) is 6.38. The first kappa shape index (κ1) is 15.8. The zero-order chi connectivity index (χ0) is 16.5. The number of fused-ring (bicyclic) bond motifs is 1. The minimum Gasteiger partial charge on any atom is -0.464 e. The summed E-state index contributed by atoms with van der Waals surface area (Å²) in [5.74, 6) is -1.02. The first-order chi connectivity index (χ1) is 10.2. The molecule has 0 unspecified atom stereocenters. The SMILES string of the molecule is COC(=O)c1nn(CC(=O)OC(C)(C)C)c2ccc(N)cc12. The molecule has 0 fully saturated rings. The molecule has 0 aliphatic carbocycles. The fourth-order valence-electron chi connectivity index (χ4n) is 2.06. The van der Waals surface area contributed by atoms with Crippen molar-refractivity contribution in [2.24, 2.45) is 0 Å². The van der Waals surface area contributed by atoms with Crippen molar-refractivity contribution in [2.75, 3.05) is 12.8 Å². The van der Waals surface area contributed by atoms with Gasteiger partial charge >= 0.3 is 11.9 Å². The highest BCUT2D eigenvalue weighted by Gasteiger charge is 2.21. The van der Waals surface area contributed by atoms with E-state index in [1.54, 1.807) is 39.0 Å². The van der Waals surface area contributed by atoms with E-state index in [1.165, 1.54) is 11.8 Å². The first-order valence-electron chi connectivity index (χ1n) is 6.77. The number of anilines is 1. The smallest absolute Gasteiger partial charge is 0.359 e. The van der Waals surface area contributed by atoms with Crippen molar-refractivity contribution in [1.82, 2.24) is 9.78 Å². The first-order valence-corrected chi connectivity index (χ1v) is 6.77. The molecule has 0 atom stereocenters. The molecule has 118 valence electrons. The second kappa shape index (κ2) is 5.67. The number of carbonyl (C=O) groups excluding carboxylic acids is 2. The number of aromatic nitrogens is 2. The van der Waals surface area contributed by atoms with E-state index in [2.05, 4.69) is 5.10 Å². The van der Waals surface area contributed by atoms with Gasteiger partial charge in [-0.15, -0.1) is 0 Å². The standard InChI is InChI=1S/C15H19N3O4/c1-15(2,3)22-12(19)8-18-11-6-5-9(16)7-10(11)13(17-18)14(20)21-4/h5-7H,8,16H2,1-4H3. The van der Waals surface area contributed by atoms with E-state index in [1.807, 2.05) is 0 Å². The van der Waals surface area contributed by atoms with Crippen molar-refractivity contribution in [2.45, 2.75) is 32.9 Å². The number of methoxy groups -OCH3 is 1. The van der Waals surface area contributed by atoms with Crippen LogP contribution in [0.2, 0.25) is 0 Å². The summed E-state index contributed by atoms with van der Waals surface area (Å²) >= 11 is 0. The monoisotopic (exact) mass is 305 g/mol. The van der Waals surface area contributed by atoms with Crippen LogP contribution in [0.15, 0.2) is 18.2 Å². The van der Waals surface area contributed by atoms with E-state index >= 15 is 0 Å². The Labute approximate surface area is 128 Å². The fraction of sp³-hybridized carbons (Fsp3) is 0.400. The third-order valence-electron chi connectivity index (χ3n) is 2.85. The van der Waals surface area contributed by atoms with Crippen LogP contribution < -0.4 is 5.73 Å². The topological polar surface area (TPSA) is 96.4 Å². The van der Waals surface area contributed by atoms with E-state index in [9.17, 15) is 9.59 Å². The molecule has 1 heterocycles. The van der Waals surface area contributed by atoms with Gasteiger partial charge in [0, 0.05) is 11.1 Å². The van der Waals surface area contributed by atoms with Crippen molar-refractivity contribution >= 4 is 28.5 Å². The average Bonchev–Trinajstić information content (AvgIpc) is 2.73. The van der Waals surface area contributed by atoms with Crippen LogP contribution in [-0.2, 0) is 20.8 Å². The molecule has 0 saturated heterocycles. The molecule has 7 nitrogen and oxygen atoms in total. The maximum Gasteiger partial charge on any atom is 0.359 e. The van der Waals surface area contributed by atoms with Crippen LogP contribution in [-0.4, -0.2) is 34.4 Å². The molecule has 0 radical (unpaired) electrons. The van der Waals surface area contributed by atoms with Crippen molar-refractivity contribution in [3.8, 4) is 0 Å². The van der Waals surface area contributed by atoms with E-state index in [0.717, 1.165) is 0 Å². The Bertz CT molecular complexity index is 728. The number of benzene rings is 1. The predicted molar refractivity (Wildman–Crippen MR) is 81.3 cm³/mol. The minimum atomic E-state index is -0.588. The lowest BCUT2D eigenvalue weighted by atomic mass is 10.2. The molecular formula is C15H19N3O4. The van der Waals surface area contributed by atoms with Gasteiger partial charge in [0.15, 0.2) is 5.69 Å². The van der Waals surface area contributed by atoms with Gasteiger partial charge in [-0.05, 0) is 39.0 Å². The number of nitrogens with zero attached hydrogens (tertiary/aromatic N) is 2. The molecule has 0 aliphatic rings. The maximum atomic E-state index is 12.0. The van der Waals surface area contributed by atoms with Crippen LogP contribution >= 0.6 is 0 Å². The number of hydrogen-bond donors (Lipinski definition) is 1. The summed E-state index contributed by atoms with van der Waals surface area (Å²) < 4.78 is 11.4. The van der Waals surface area contributed by atoms with Gasteiger partial charge in [0.25, 0.3) is 0 Å². The lowest BCUT2D eigenvalue weighted by molar-refractivity contribution is -0.155. The molecule has 0 amide bonds. The molecule has 2 rings (SSSR count). The molecule has 0 spiro atoms. The third kappa shape index (κ3) is 3.36. The Hall–Kier alpha value is -2.57. The van der Waals surface area contributed by atoms with Crippen molar-refractivity contribution in [3.05, 3.63) is 23.9 Å². The van der Waals surface area contributed by atoms with Crippen LogP contribution in [0.1, 0.15) is 31.3 Å². The van der Waals surface area contributed by atoms with E-state index in [4.69, 9.17) is 15.2 Å². The lowest BCUT2D eigenvalue weighted by Gasteiger charge is -2.19. The number of rotatable bonds is 3. The fourth-order valence-corrected chi connectivity index (χ4v) is 2.06. The molecule has 2 N–H and O–H groups in total. The van der Waals surface area contributed by atoms with Gasteiger partial charge in [0.05, 0.1) is 12.6 Å². The molecule has 7 heteroatoms. The number of nitrogens with two attached hydrogens (primary N) is 1. The van der Waals surface area contributed by atoms with Crippen LogP contribution in [0.5, 0.6) is 0 Å². The molecule has 22 heavy (non-hydrogen) atoms. The van der Waals surface area contributed by atoms with Crippen molar-refractivity contribution in [1.29, 1.82) is 0 Å². The van der Waals surface area contributed by atoms with Crippen LogP contribution in [0.3, 0.4) is 0 Å². The van der Waals surface area contributed by atoms with Gasteiger partial charge in [0.2, 0.25) is 0 Å². The van der Waals surface area contributed by atoms with Crippen LogP contribution in [0.4, 0.5) is 5.69 Å². The van der Waals surface area contributed by atoms with Crippen LogP contribution in [0, 0.1) is 0 Å². The number of esters is 2.